The minimum Gasteiger partial charge on any atom is -0.495 e. The smallest absolute Gasteiger partial charge is 0.258 e. The lowest BCUT2D eigenvalue weighted by molar-refractivity contribution is 0.402. The van der Waals surface area contributed by atoms with Gasteiger partial charge in [-0.1, -0.05) is 0 Å². The Bertz CT molecular complexity index is 2570. The maximum absolute atomic E-state index is 13.0. The molecule has 0 unspecified atom stereocenters. The summed E-state index contributed by atoms with van der Waals surface area (Å²) < 4.78 is 54.5. The molecule has 6 rings (SSSR count). The minimum absolute atomic E-state index is 0.109. The number of rotatable bonds is 5. The van der Waals surface area contributed by atoms with Crippen molar-refractivity contribution in [1.29, 1.82) is 0 Å². The van der Waals surface area contributed by atoms with Gasteiger partial charge in [0.25, 0.3) is 5.56 Å². The fourth-order valence-electron chi connectivity index (χ4n) is 5.06. The number of ether oxygens (including phenoxy) is 1. The molecule has 2 aromatic carbocycles. The number of nitrogens with two attached hydrogens (primary N) is 1. The van der Waals surface area contributed by atoms with Gasteiger partial charge in [0.2, 0.25) is 0 Å². The Labute approximate surface area is 315 Å². The number of aromatic nitrogens is 6. The van der Waals surface area contributed by atoms with E-state index in [2.05, 4.69) is 47.4 Å². The quantitative estimate of drug-likeness (QED) is 0.166. The number of benzene rings is 2. The van der Waals surface area contributed by atoms with Crippen molar-refractivity contribution in [2.24, 2.45) is 10.7 Å². The molecule has 17 heteroatoms. The van der Waals surface area contributed by atoms with Crippen LogP contribution in [0.15, 0.2) is 67.6 Å². The number of nitrogens with one attached hydrogen (secondary N) is 3. The zero-order chi connectivity index (χ0) is 40.6. The van der Waals surface area contributed by atoms with Crippen LogP contribution in [0.4, 0.5) is 11.6 Å². The fourth-order valence-corrected chi connectivity index (χ4v) is 7.82. The molecule has 0 saturated carbocycles. The number of aliphatic imine (C=N–C) groups is 1. The van der Waals surface area contributed by atoms with Crippen LogP contribution in [0.25, 0.3) is 21.8 Å². The van der Waals surface area contributed by atoms with Gasteiger partial charge in [0.05, 0.1) is 50.8 Å². The van der Waals surface area contributed by atoms with E-state index in [0.29, 0.717) is 39.5 Å². The van der Waals surface area contributed by atoms with E-state index in [-0.39, 0.29) is 26.5 Å². The van der Waals surface area contributed by atoms with Crippen molar-refractivity contribution >= 4 is 59.0 Å². The summed E-state index contributed by atoms with van der Waals surface area (Å²) >= 11 is 0. The second-order valence-electron chi connectivity index (χ2n) is 14.9. The lowest BCUT2D eigenvalue weighted by Gasteiger charge is -2.21. The summed E-state index contributed by atoms with van der Waals surface area (Å²) in [4.78, 5) is 31.1. The SMILES string of the molecule is CC1=C(C)C(N)=NC1.COc1cc2ncnc(Nc3n[nH]c(C)c3C)c2cc1S(=O)(=O)C(C)(C)C.Cc1cc2nc[nH]c(=O)c2cc1S(=O)(=O)C(C)(C)C. The van der Waals surface area contributed by atoms with Gasteiger partial charge in [0.15, 0.2) is 25.5 Å². The third-order valence-electron chi connectivity index (χ3n) is 9.05. The van der Waals surface area contributed by atoms with Gasteiger partial charge in [-0.15, -0.1) is 0 Å². The molecule has 15 nitrogen and oxygen atoms in total. The van der Waals surface area contributed by atoms with Crippen molar-refractivity contribution in [2.75, 3.05) is 19.0 Å². The molecule has 3 aromatic heterocycles. The van der Waals surface area contributed by atoms with Gasteiger partial charge in [0, 0.05) is 22.7 Å². The molecule has 0 bridgehead atoms. The molecule has 0 amide bonds. The second kappa shape index (κ2) is 15.3. The Kier molecular flexibility index (Phi) is 11.8. The number of anilines is 2. The monoisotopic (exact) mass is 779 g/mol. The zero-order valence-electron chi connectivity index (χ0n) is 32.8. The minimum atomic E-state index is -3.63. The fraction of sp³-hybridized carbons (Fsp3) is 0.405. The van der Waals surface area contributed by atoms with Crippen molar-refractivity contribution in [3.05, 3.63) is 75.2 Å². The van der Waals surface area contributed by atoms with E-state index in [1.807, 2.05) is 20.8 Å². The van der Waals surface area contributed by atoms with Crippen LogP contribution in [-0.2, 0) is 19.7 Å². The Morgan fingerprint density at radius 2 is 1.39 bits per heavy atom. The van der Waals surface area contributed by atoms with Gasteiger partial charge in [-0.2, -0.15) is 5.10 Å². The van der Waals surface area contributed by atoms with Crippen molar-refractivity contribution in [3.8, 4) is 5.75 Å². The van der Waals surface area contributed by atoms with E-state index >= 15 is 0 Å². The van der Waals surface area contributed by atoms with Crippen molar-refractivity contribution in [2.45, 2.75) is 95.4 Å². The standard InChI is InChI=1S/C18H23N5O3S.C13H16N2O3S.C6H10N2/c1-10-11(2)22-23-16(10)21-17-12-7-15(27(24,25)18(3,4)5)14(26-6)8-13(12)19-9-20-17;1-8-5-10-9(12(16)15-7-14-10)6-11(8)19(17,18)13(2,3)4;1-4-3-8-6(7)5(4)2/h7-9H,1-6H3,(H2,19,20,21,22,23);5-7H,1-4H3,(H,14,15,16);3H2,1-2H3,(H2,7,8). The van der Waals surface area contributed by atoms with E-state index in [1.165, 1.54) is 31.4 Å². The maximum atomic E-state index is 13.0. The van der Waals surface area contributed by atoms with Gasteiger partial charge >= 0.3 is 0 Å². The third-order valence-corrected chi connectivity index (χ3v) is 14.2. The normalized spacial score (nSPS) is 13.6. The molecule has 0 aliphatic carbocycles. The highest BCUT2D eigenvalue weighted by Crippen LogP contribution is 2.37. The summed E-state index contributed by atoms with van der Waals surface area (Å²) in [5, 5.41) is 11.1. The Morgan fingerprint density at radius 1 is 0.796 bits per heavy atom. The largest absolute Gasteiger partial charge is 0.495 e. The van der Waals surface area contributed by atoms with Crippen LogP contribution >= 0.6 is 0 Å². The van der Waals surface area contributed by atoms with Gasteiger partial charge in [-0.3, -0.25) is 14.9 Å². The molecule has 5 aromatic rings. The van der Waals surface area contributed by atoms with E-state index in [4.69, 9.17) is 10.5 Å². The van der Waals surface area contributed by atoms with Gasteiger partial charge in [0.1, 0.15) is 28.6 Å². The van der Waals surface area contributed by atoms with E-state index in [1.54, 1.807) is 66.7 Å². The summed E-state index contributed by atoms with van der Waals surface area (Å²) in [5.41, 5.74) is 11.1. The first-order valence-electron chi connectivity index (χ1n) is 17.0. The van der Waals surface area contributed by atoms with Crippen LogP contribution in [0, 0.1) is 20.8 Å². The lowest BCUT2D eigenvalue weighted by Crippen LogP contribution is -2.28. The first-order chi connectivity index (χ1) is 24.9. The first-order valence-corrected chi connectivity index (χ1v) is 19.9. The van der Waals surface area contributed by atoms with Gasteiger partial charge in [-0.25, -0.2) is 31.8 Å². The van der Waals surface area contributed by atoms with Crippen LogP contribution in [-0.4, -0.2) is 76.0 Å². The Hall–Kier alpha value is -5.16. The number of aromatic amines is 2. The number of aryl methyl sites for hydroxylation is 2. The average molecular weight is 780 g/mol. The average Bonchev–Trinajstić information content (AvgIpc) is 3.56. The number of amidine groups is 1. The molecule has 1 aliphatic rings. The molecule has 0 fully saturated rings. The Balaban J connectivity index is 0.000000207. The van der Waals surface area contributed by atoms with Gasteiger partial charge in [-0.05, 0) is 111 Å². The molecule has 290 valence electrons. The van der Waals surface area contributed by atoms with Crippen molar-refractivity contribution < 1.29 is 21.6 Å². The maximum Gasteiger partial charge on any atom is 0.258 e. The highest BCUT2D eigenvalue weighted by molar-refractivity contribution is 7.93. The molecule has 0 saturated heterocycles. The van der Waals surface area contributed by atoms with Crippen LogP contribution in [0.5, 0.6) is 5.75 Å². The number of hydrogen-bond donors (Lipinski definition) is 4. The van der Waals surface area contributed by atoms with Crippen LogP contribution in [0.2, 0.25) is 0 Å². The van der Waals surface area contributed by atoms with Gasteiger partial charge < -0.3 is 20.8 Å². The topological polar surface area (TPSA) is 228 Å². The molecule has 54 heavy (non-hydrogen) atoms. The number of fused-ring (bicyclic) bond motifs is 2. The third kappa shape index (κ3) is 8.31. The second-order valence-corrected chi connectivity index (χ2v) is 20.2. The molecule has 5 N–H and O–H groups in total. The summed E-state index contributed by atoms with van der Waals surface area (Å²) in [6.45, 7) is 20.3. The molecular formula is C37H49N9O6S2. The van der Waals surface area contributed by atoms with E-state index in [9.17, 15) is 21.6 Å². The number of sulfone groups is 2. The molecule has 4 heterocycles. The molecular weight excluding hydrogens is 731 g/mol. The van der Waals surface area contributed by atoms with Crippen LogP contribution in [0.1, 0.15) is 72.2 Å². The molecule has 0 spiro atoms. The highest BCUT2D eigenvalue weighted by Gasteiger charge is 2.34. The van der Waals surface area contributed by atoms with Crippen LogP contribution in [0.3, 0.4) is 0 Å². The summed E-state index contributed by atoms with van der Waals surface area (Å²) in [6.07, 6.45) is 2.72. The summed E-state index contributed by atoms with van der Waals surface area (Å²) in [7, 11) is -5.69. The zero-order valence-corrected chi connectivity index (χ0v) is 34.4. The van der Waals surface area contributed by atoms with E-state index in [0.717, 1.165) is 23.4 Å². The predicted molar refractivity (Wildman–Crippen MR) is 213 cm³/mol. The summed E-state index contributed by atoms with van der Waals surface area (Å²) in [6, 6.07) is 6.22. The molecule has 0 radical (unpaired) electrons. The van der Waals surface area contributed by atoms with Crippen LogP contribution < -0.4 is 21.3 Å². The van der Waals surface area contributed by atoms with E-state index < -0.39 is 29.2 Å². The van der Waals surface area contributed by atoms with Crippen molar-refractivity contribution in [1.82, 2.24) is 30.1 Å². The predicted octanol–water partition coefficient (Wildman–Crippen LogP) is 5.79. The van der Waals surface area contributed by atoms with Crippen molar-refractivity contribution in [3.63, 3.8) is 0 Å². The number of H-pyrrole nitrogens is 2. The summed E-state index contributed by atoms with van der Waals surface area (Å²) in [5.74, 6) is 2.07. The number of methoxy groups -OCH3 is 1. The Morgan fingerprint density at radius 3 is 1.89 bits per heavy atom. The molecule has 1 aliphatic heterocycles. The lowest BCUT2D eigenvalue weighted by atomic mass is 10.2. The number of nitrogens with zero attached hydrogens (tertiary/aromatic N) is 5. The number of hydrogen-bond acceptors (Lipinski definition) is 13. The first kappa shape index (κ1) is 41.6. The highest BCUT2D eigenvalue weighted by atomic mass is 32.2. The molecule has 0 atom stereocenters.